The zero-order valence-corrected chi connectivity index (χ0v) is 17.4. The maximum Gasteiger partial charge on any atom is 0.310 e. The normalized spacial score (nSPS) is 38.4. The van der Waals surface area contributed by atoms with Gasteiger partial charge in [-0.05, 0) is 85.7 Å². The van der Waals surface area contributed by atoms with Gasteiger partial charge in [0.2, 0.25) is 0 Å². The van der Waals surface area contributed by atoms with E-state index in [1.807, 2.05) is 36.4 Å². The van der Waals surface area contributed by atoms with E-state index in [2.05, 4.69) is 6.92 Å². The van der Waals surface area contributed by atoms with Gasteiger partial charge in [0.1, 0.15) is 0 Å². The van der Waals surface area contributed by atoms with Crippen molar-refractivity contribution in [2.75, 3.05) is 0 Å². The second-order valence-corrected chi connectivity index (χ2v) is 10.2. The van der Waals surface area contributed by atoms with Crippen LogP contribution in [0.2, 0.25) is 0 Å². The summed E-state index contributed by atoms with van der Waals surface area (Å²) >= 11 is 0. The molecule has 4 aliphatic carbocycles. The second kappa shape index (κ2) is 7.41. The summed E-state index contributed by atoms with van der Waals surface area (Å²) in [5, 5.41) is 0. The number of ketones is 1. The van der Waals surface area contributed by atoms with Gasteiger partial charge in [-0.25, -0.2) is 0 Å². The van der Waals surface area contributed by atoms with Crippen molar-refractivity contribution >= 4 is 11.8 Å². The minimum absolute atomic E-state index is 0.00220. The van der Waals surface area contributed by atoms with E-state index in [9.17, 15) is 9.59 Å². The summed E-state index contributed by atoms with van der Waals surface area (Å²) in [5.74, 6) is 2.48. The predicted molar refractivity (Wildman–Crippen MR) is 112 cm³/mol. The third-order valence-electron chi connectivity index (χ3n) is 8.61. The number of benzene rings is 1. The van der Waals surface area contributed by atoms with Crippen LogP contribution in [0.1, 0.15) is 63.9 Å². The lowest BCUT2D eigenvalue weighted by atomic mass is 9.52. The molecule has 0 amide bonds. The fourth-order valence-corrected chi connectivity index (χ4v) is 7.22. The van der Waals surface area contributed by atoms with Gasteiger partial charge in [0, 0.05) is 0 Å². The molecule has 3 nitrogen and oxygen atoms in total. The van der Waals surface area contributed by atoms with E-state index in [-0.39, 0.29) is 18.2 Å². The molecule has 1 unspecified atom stereocenters. The number of fused-ring (bicyclic) bond motifs is 5. The van der Waals surface area contributed by atoms with E-state index in [4.69, 9.17) is 4.74 Å². The van der Waals surface area contributed by atoms with Crippen molar-refractivity contribution in [3.63, 3.8) is 0 Å². The van der Waals surface area contributed by atoms with Crippen molar-refractivity contribution in [3.05, 3.63) is 47.5 Å². The maximum atomic E-state index is 12.7. The van der Waals surface area contributed by atoms with Crippen LogP contribution < -0.4 is 0 Å². The largest absolute Gasteiger partial charge is 0.454 e. The third kappa shape index (κ3) is 3.47. The van der Waals surface area contributed by atoms with Gasteiger partial charge in [-0.1, -0.05) is 49.2 Å². The molecule has 0 bridgehead atoms. The van der Waals surface area contributed by atoms with Gasteiger partial charge in [-0.15, -0.1) is 0 Å². The van der Waals surface area contributed by atoms with Gasteiger partial charge in [-0.2, -0.15) is 0 Å². The van der Waals surface area contributed by atoms with Crippen molar-refractivity contribution in [1.29, 1.82) is 0 Å². The molecule has 3 fully saturated rings. The highest BCUT2D eigenvalue weighted by molar-refractivity contribution is 5.96. The molecule has 3 saturated carbocycles. The molecule has 1 aromatic carbocycles. The number of ether oxygens (including phenoxy) is 1. The first-order valence-corrected chi connectivity index (χ1v) is 11.5. The SMILES string of the molecule is C[C@@]12CCC[C@H]1[C@@H]1CCC3=CC(=O)C(OC(=O)Cc4ccccc4)C[C@@H]3[C@H]1CC2. The molecular formula is C26H32O3. The summed E-state index contributed by atoms with van der Waals surface area (Å²) in [5.41, 5.74) is 2.82. The second-order valence-electron chi connectivity index (χ2n) is 10.2. The Hall–Kier alpha value is -1.90. The van der Waals surface area contributed by atoms with E-state index < -0.39 is 6.10 Å². The fourth-order valence-electron chi connectivity index (χ4n) is 7.22. The Labute approximate surface area is 173 Å². The van der Waals surface area contributed by atoms with Crippen LogP contribution in [0.4, 0.5) is 0 Å². The maximum absolute atomic E-state index is 12.7. The molecule has 0 aliphatic heterocycles. The predicted octanol–water partition coefficient (Wildman–Crippen LogP) is 5.28. The topological polar surface area (TPSA) is 43.4 Å². The molecule has 0 radical (unpaired) electrons. The highest BCUT2D eigenvalue weighted by Crippen LogP contribution is 2.61. The van der Waals surface area contributed by atoms with Crippen LogP contribution >= 0.6 is 0 Å². The summed E-state index contributed by atoms with van der Waals surface area (Å²) < 4.78 is 5.71. The van der Waals surface area contributed by atoms with E-state index in [1.165, 1.54) is 44.1 Å². The Morgan fingerprint density at radius 1 is 1.10 bits per heavy atom. The lowest BCUT2D eigenvalue weighted by Crippen LogP contribution is -2.46. The highest BCUT2D eigenvalue weighted by atomic mass is 16.5. The van der Waals surface area contributed by atoms with Crippen molar-refractivity contribution < 1.29 is 14.3 Å². The molecule has 6 atom stereocenters. The number of carbonyl (C=O) groups is 2. The smallest absolute Gasteiger partial charge is 0.310 e. The van der Waals surface area contributed by atoms with Crippen molar-refractivity contribution in [1.82, 2.24) is 0 Å². The zero-order valence-electron chi connectivity index (χ0n) is 17.4. The first-order valence-electron chi connectivity index (χ1n) is 11.5. The van der Waals surface area contributed by atoms with Gasteiger partial charge in [0.15, 0.2) is 11.9 Å². The van der Waals surface area contributed by atoms with Gasteiger partial charge < -0.3 is 4.74 Å². The first-order chi connectivity index (χ1) is 14.0. The van der Waals surface area contributed by atoms with Crippen molar-refractivity contribution in [3.8, 4) is 0 Å². The number of hydrogen-bond donors (Lipinski definition) is 0. The minimum Gasteiger partial charge on any atom is -0.454 e. The number of hydrogen-bond acceptors (Lipinski definition) is 3. The van der Waals surface area contributed by atoms with Crippen LogP contribution in [0.25, 0.3) is 0 Å². The number of allylic oxidation sites excluding steroid dienone is 1. The molecule has 0 heterocycles. The summed E-state index contributed by atoms with van der Waals surface area (Å²) in [6, 6.07) is 9.63. The molecule has 5 rings (SSSR count). The molecule has 3 heteroatoms. The first kappa shape index (κ1) is 19.1. The van der Waals surface area contributed by atoms with Gasteiger partial charge in [0.05, 0.1) is 6.42 Å². The summed E-state index contributed by atoms with van der Waals surface area (Å²) in [4.78, 5) is 25.1. The molecule has 154 valence electrons. The average Bonchev–Trinajstić information content (AvgIpc) is 3.11. The molecule has 0 saturated heterocycles. The summed E-state index contributed by atoms with van der Waals surface area (Å²) in [6.45, 7) is 2.52. The fraction of sp³-hybridized carbons (Fsp3) is 0.615. The van der Waals surface area contributed by atoms with E-state index in [0.717, 1.165) is 23.8 Å². The average molecular weight is 393 g/mol. The zero-order chi connectivity index (χ0) is 20.0. The Morgan fingerprint density at radius 3 is 2.76 bits per heavy atom. The molecule has 1 aromatic rings. The Balaban J connectivity index is 1.29. The number of rotatable bonds is 3. The molecule has 29 heavy (non-hydrogen) atoms. The van der Waals surface area contributed by atoms with Crippen LogP contribution in [0.3, 0.4) is 0 Å². The summed E-state index contributed by atoms with van der Waals surface area (Å²) in [7, 11) is 0. The molecule has 0 N–H and O–H groups in total. The number of esters is 1. The number of carbonyl (C=O) groups excluding carboxylic acids is 2. The van der Waals surface area contributed by atoms with Crippen molar-refractivity contribution in [2.45, 2.75) is 70.8 Å². The van der Waals surface area contributed by atoms with Crippen LogP contribution in [0.15, 0.2) is 42.0 Å². The monoisotopic (exact) mass is 392 g/mol. The molecule has 0 aromatic heterocycles. The molecule has 4 aliphatic rings. The van der Waals surface area contributed by atoms with Gasteiger partial charge in [0.25, 0.3) is 0 Å². The summed E-state index contributed by atoms with van der Waals surface area (Å²) in [6.07, 6.45) is 11.3. The quantitative estimate of drug-likeness (QED) is 0.657. The van der Waals surface area contributed by atoms with Crippen LogP contribution in [-0.4, -0.2) is 17.9 Å². The van der Waals surface area contributed by atoms with E-state index >= 15 is 0 Å². The third-order valence-corrected chi connectivity index (χ3v) is 8.61. The van der Waals surface area contributed by atoms with Crippen LogP contribution in [0, 0.1) is 29.1 Å². The molecular weight excluding hydrogens is 360 g/mol. The van der Waals surface area contributed by atoms with Gasteiger partial charge >= 0.3 is 5.97 Å². The van der Waals surface area contributed by atoms with Crippen LogP contribution in [-0.2, 0) is 20.7 Å². The Bertz CT molecular complexity index is 826. The highest BCUT2D eigenvalue weighted by Gasteiger charge is 2.53. The van der Waals surface area contributed by atoms with Gasteiger partial charge in [-0.3, -0.25) is 9.59 Å². The lowest BCUT2D eigenvalue weighted by Gasteiger charge is -2.53. The van der Waals surface area contributed by atoms with E-state index in [1.54, 1.807) is 0 Å². The Morgan fingerprint density at radius 2 is 1.93 bits per heavy atom. The molecule has 0 spiro atoms. The van der Waals surface area contributed by atoms with Crippen LogP contribution in [0.5, 0.6) is 0 Å². The standard InChI is InChI=1S/C26H32O3/c1-26-12-5-8-22(26)20-10-9-18-15-23(27)24(16-21(18)19(20)11-13-26)29-25(28)14-17-6-3-2-4-7-17/h2-4,6-7,15,19-22,24H,5,8-14,16H2,1H3/t19-,20+,21-,22-,24?,26-/m0/s1. The Kier molecular flexibility index (Phi) is 4.88. The lowest BCUT2D eigenvalue weighted by molar-refractivity contribution is -0.155. The van der Waals surface area contributed by atoms with Crippen molar-refractivity contribution in [2.24, 2.45) is 29.1 Å². The minimum atomic E-state index is -0.587. The van der Waals surface area contributed by atoms with E-state index in [0.29, 0.717) is 23.7 Å².